The zero-order valence-electron chi connectivity index (χ0n) is 14.4. The second kappa shape index (κ2) is 7.26. The molecule has 0 atom stereocenters. The first kappa shape index (κ1) is 17.5. The fourth-order valence-electron chi connectivity index (χ4n) is 2.48. The molecule has 0 aliphatic rings. The topological polar surface area (TPSA) is 76.9 Å². The Morgan fingerprint density at radius 2 is 1.85 bits per heavy atom. The van der Waals surface area contributed by atoms with Gasteiger partial charge in [-0.05, 0) is 49.7 Å². The van der Waals surface area contributed by atoms with Crippen LogP contribution in [0.25, 0.3) is 5.69 Å². The molecule has 132 valence electrons. The van der Waals surface area contributed by atoms with Gasteiger partial charge in [-0.25, -0.2) is 4.39 Å². The molecular formula is C19H17FN4O2. The molecule has 1 aromatic carbocycles. The third kappa shape index (κ3) is 3.66. The Morgan fingerprint density at radius 1 is 1.12 bits per heavy atom. The molecule has 0 bridgehead atoms. The number of hydrogen-bond acceptors (Lipinski definition) is 4. The first-order valence-corrected chi connectivity index (χ1v) is 7.99. The highest BCUT2D eigenvalue weighted by Crippen LogP contribution is 2.10. The highest BCUT2D eigenvalue weighted by molar-refractivity contribution is 5.95. The minimum absolute atomic E-state index is 0.0388. The molecule has 1 N–H and O–H groups in total. The highest BCUT2D eigenvalue weighted by Gasteiger charge is 2.16. The molecule has 0 unspecified atom stereocenters. The third-order valence-electron chi connectivity index (χ3n) is 3.90. The molecule has 1 amide bonds. The van der Waals surface area contributed by atoms with Crippen molar-refractivity contribution in [3.05, 3.63) is 87.6 Å². The van der Waals surface area contributed by atoms with Crippen molar-refractivity contribution in [3.63, 3.8) is 0 Å². The summed E-state index contributed by atoms with van der Waals surface area (Å²) < 4.78 is 14.4. The zero-order chi connectivity index (χ0) is 18.7. The van der Waals surface area contributed by atoms with Crippen molar-refractivity contribution >= 4 is 5.91 Å². The number of rotatable bonds is 4. The van der Waals surface area contributed by atoms with Crippen LogP contribution in [0.5, 0.6) is 0 Å². The van der Waals surface area contributed by atoms with Crippen molar-refractivity contribution in [1.29, 1.82) is 0 Å². The van der Waals surface area contributed by atoms with Gasteiger partial charge in [-0.1, -0.05) is 0 Å². The van der Waals surface area contributed by atoms with Crippen molar-refractivity contribution in [2.45, 2.75) is 20.4 Å². The lowest BCUT2D eigenvalue weighted by Crippen LogP contribution is -2.33. The molecule has 0 radical (unpaired) electrons. The number of hydrogen-bond donors (Lipinski definition) is 1. The molecule has 0 saturated heterocycles. The van der Waals surface area contributed by atoms with Gasteiger partial charge in [0.1, 0.15) is 11.4 Å². The van der Waals surface area contributed by atoms with E-state index in [4.69, 9.17) is 0 Å². The lowest BCUT2D eigenvalue weighted by atomic mass is 10.1. The zero-order valence-corrected chi connectivity index (χ0v) is 14.4. The predicted molar refractivity (Wildman–Crippen MR) is 94.7 cm³/mol. The quantitative estimate of drug-likeness (QED) is 0.782. The van der Waals surface area contributed by atoms with Crippen LogP contribution in [0.4, 0.5) is 4.39 Å². The van der Waals surface area contributed by atoms with Gasteiger partial charge >= 0.3 is 0 Å². The van der Waals surface area contributed by atoms with Crippen molar-refractivity contribution in [3.8, 4) is 5.69 Å². The first-order chi connectivity index (χ1) is 12.5. The lowest BCUT2D eigenvalue weighted by Gasteiger charge is -2.11. The SMILES string of the molecule is Cc1cnc(CNC(=O)c2c(C)ccn(-c3ccc(F)cc3)c2=O)cn1. The first-order valence-electron chi connectivity index (χ1n) is 7.99. The smallest absolute Gasteiger partial charge is 0.268 e. The molecule has 3 aromatic rings. The molecule has 0 saturated carbocycles. The molecule has 0 aliphatic carbocycles. The Bertz CT molecular complexity index is 996. The van der Waals surface area contributed by atoms with Gasteiger partial charge < -0.3 is 5.32 Å². The molecule has 7 heteroatoms. The minimum atomic E-state index is -0.494. The summed E-state index contributed by atoms with van der Waals surface area (Å²) in [6.45, 7) is 3.67. The number of carbonyl (C=O) groups excluding carboxylic acids is 1. The van der Waals surface area contributed by atoms with Gasteiger partial charge in [0.15, 0.2) is 0 Å². The van der Waals surface area contributed by atoms with E-state index in [2.05, 4.69) is 15.3 Å². The van der Waals surface area contributed by atoms with Crippen LogP contribution in [0.3, 0.4) is 0 Å². The van der Waals surface area contributed by atoms with Crippen LogP contribution in [-0.4, -0.2) is 20.4 Å². The number of nitrogens with zero attached hydrogens (tertiary/aromatic N) is 3. The number of carbonyl (C=O) groups is 1. The Balaban J connectivity index is 1.87. The number of aromatic nitrogens is 3. The van der Waals surface area contributed by atoms with Crippen molar-refractivity contribution in [2.75, 3.05) is 0 Å². The summed E-state index contributed by atoms with van der Waals surface area (Å²) in [7, 11) is 0. The van der Waals surface area contributed by atoms with Crippen LogP contribution in [-0.2, 0) is 6.54 Å². The molecule has 6 nitrogen and oxygen atoms in total. The third-order valence-corrected chi connectivity index (χ3v) is 3.90. The number of benzene rings is 1. The monoisotopic (exact) mass is 352 g/mol. The fourth-order valence-corrected chi connectivity index (χ4v) is 2.48. The van der Waals surface area contributed by atoms with E-state index in [0.717, 1.165) is 5.69 Å². The Morgan fingerprint density at radius 3 is 2.50 bits per heavy atom. The van der Waals surface area contributed by atoms with E-state index in [9.17, 15) is 14.0 Å². The minimum Gasteiger partial charge on any atom is -0.346 e. The van der Waals surface area contributed by atoms with Crippen LogP contribution in [0.2, 0.25) is 0 Å². The summed E-state index contributed by atoms with van der Waals surface area (Å²) in [4.78, 5) is 33.6. The van der Waals surface area contributed by atoms with Crippen LogP contribution < -0.4 is 10.9 Å². The van der Waals surface area contributed by atoms with E-state index >= 15 is 0 Å². The molecule has 26 heavy (non-hydrogen) atoms. The maximum absolute atomic E-state index is 13.1. The summed E-state index contributed by atoms with van der Waals surface area (Å²) in [6, 6.07) is 7.16. The second-order valence-electron chi connectivity index (χ2n) is 5.86. The Labute approximate surface area is 149 Å². The molecule has 0 aliphatic heterocycles. The van der Waals surface area contributed by atoms with Gasteiger partial charge in [0.25, 0.3) is 11.5 Å². The Kier molecular flexibility index (Phi) is 4.88. The van der Waals surface area contributed by atoms with Gasteiger partial charge in [-0.3, -0.25) is 24.1 Å². The summed E-state index contributed by atoms with van der Waals surface area (Å²) >= 11 is 0. The summed E-state index contributed by atoms with van der Waals surface area (Å²) in [5.74, 6) is -0.891. The van der Waals surface area contributed by atoms with E-state index in [1.165, 1.54) is 28.8 Å². The lowest BCUT2D eigenvalue weighted by molar-refractivity contribution is 0.0948. The van der Waals surface area contributed by atoms with E-state index in [1.54, 1.807) is 31.6 Å². The Hall–Kier alpha value is -3.35. The van der Waals surface area contributed by atoms with Crippen molar-refractivity contribution in [1.82, 2.24) is 19.9 Å². The highest BCUT2D eigenvalue weighted by atomic mass is 19.1. The van der Waals surface area contributed by atoms with Crippen molar-refractivity contribution < 1.29 is 9.18 Å². The van der Waals surface area contributed by atoms with Gasteiger partial charge in [0, 0.05) is 18.1 Å². The van der Waals surface area contributed by atoms with Crippen LogP contribution in [0.15, 0.2) is 53.7 Å². The number of amides is 1. The van der Waals surface area contributed by atoms with Crippen molar-refractivity contribution in [2.24, 2.45) is 0 Å². The van der Waals surface area contributed by atoms with Crippen LogP contribution in [0.1, 0.15) is 27.3 Å². The normalized spacial score (nSPS) is 10.6. The summed E-state index contributed by atoms with van der Waals surface area (Å²) in [5, 5.41) is 2.69. The molecule has 0 fully saturated rings. The van der Waals surface area contributed by atoms with E-state index in [-0.39, 0.29) is 12.1 Å². The average molecular weight is 352 g/mol. The molecule has 2 heterocycles. The van der Waals surface area contributed by atoms with Gasteiger partial charge in [0.05, 0.1) is 24.1 Å². The second-order valence-corrected chi connectivity index (χ2v) is 5.86. The molecular weight excluding hydrogens is 335 g/mol. The van der Waals surface area contributed by atoms with Gasteiger partial charge in [-0.15, -0.1) is 0 Å². The number of pyridine rings is 1. The predicted octanol–water partition coefficient (Wildman–Crippen LogP) is 2.31. The fraction of sp³-hybridized carbons (Fsp3) is 0.158. The van der Waals surface area contributed by atoms with E-state index in [0.29, 0.717) is 16.9 Å². The number of aryl methyl sites for hydroxylation is 2. The van der Waals surface area contributed by atoms with E-state index in [1.807, 2.05) is 6.92 Å². The standard InChI is InChI=1S/C19H17FN4O2/c1-12-7-8-24(16-5-3-14(20)4-6-16)19(26)17(12)18(25)23-11-15-10-21-13(2)9-22-15/h3-10H,11H2,1-2H3,(H,23,25). The maximum Gasteiger partial charge on any atom is 0.268 e. The summed E-state index contributed by atoms with van der Waals surface area (Å²) in [6.07, 6.45) is 4.74. The average Bonchev–Trinajstić information content (AvgIpc) is 2.62. The van der Waals surface area contributed by atoms with Crippen LogP contribution in [0, 0.1) is 19.7 Å². The number of nitrogens with one attached hydrogen (secondary N) is 1. The molecule has 2 aromatic heterocycles. The summed E-state index contributed by atoms with van der Waals surface area (Å²) in [5.41, 5.74) is 1.98. The van der Waals surface area contributed by atoms with Gasteiger partial charge in [-0.2, -0.15) is 0 Å². The molecule has 3 rings (SSSR count). The largest absolute Gasteiger partial charge is 0.346 e. The molecule has 0 spiro atoms. The van der Waals surface area contributed by atoms with Gasteiger partial charge in [0.2, 0.25) is 0 Å². The van der Waals surface area contributed by atoms with E-state index < -0.39 is 17.3 Å². The van der Waals surface area contributed by atoms with Crippen LogP contribution >= 0.6 is 0 Å². The number of halogens is 1. The maximum atomic E-state index is 13.1.